The van der Waals surface area contributed by atoms with Crippen LogP contribution in [-0.4, -0.2) is 23.2 Å². The van der Waals surface area contributed by atoms with Crippen LogP contribution < -0.4 is 5.32 Å². The van der Waals surface area contributed by atoms with Crippen molar-refractivity contribution in [3.63, 3.8) is 0 Å². The molecule has 0 spiro atoms. The summed E-state index contributed by atoms with van der Waals surface area (Å²) in [5.74, 6) is -0.00185. The van der Waals surface area contributed by atoms with E-state index in [4.69, 9.17) is 5.11 Å². The molecule has 2 rings (SSSR count). The molecule has 3 nitrogen and oxygen atoms in total. The third-order valence-electron chi connectivity index (χ3n) is 2.02. The first-order valence-corrected chi connectivity index (χ1v) is 3.28. The number of carboxylic acid groups (broad SMARTS) is 1. The largest absolute Gasteiger partial charge is 0.480 e. The van der Waals surface area contributed by atoms with Crippen LogP contribution in [0.5, 0.6) is 0 Å². The average Bonchev–Trinajstić information content (AvgIpc) is 2.60. The minimum atomic E-state index is -0.688. The van der Waals surface area contributed by atoms with Crippen molar-refractivity contribution in [2.75, 3.05) is 0 Å². The summed E-state index contributed by atoms with van der Waals surface area (Å²) in [7, 11) is 0. The Morgan fingerprint density at radius 3 is 2.56 bits per heavy atom. The third-order valence-corrected chi connectivity index (χ3v) is 2.02. The van der Waals surface area contributed by atoms with Crippen molar-refractivity contribution in [2.45, 2.75) is 24.9 Å². The number of rotatable bonds is 2. The molecular formula is C6H9NO2. The molecule has 1 aliphatic carbocycles. The molecule has 9 heavy (non-hydrogen) atoms. The van der Waals surface area contributed by atoms with Crippen LogP contribution in [0.15, 0.2) is 0 Å². The SMILES string of the molecule is O=C(O)C1N[C@H]1C1CC1. The molecule has 1 saturated heterocycles. The predicted octanol–water partition coefficient (Wildman–Crippen LogP) is -0.179. The molecule has 1 aliphatic heterocycles. The van der Waals surface area contributed by atoms with Crippen molar-refractivity contribution in [2.24, 2.45) is 5.92 Å². The first-order chi connectivity index (χ1) is 4.29. The first-order valence-electron chi connectivity index (χ1n) is 3.28. The van der Waals surface area contributed by atoms with Crippen LogP contribution in [0.3, 0.4) is 0 Å². The summed E-state index contributed by atoms with van der Waals surface area (Å²) in [6, 6.07) is 0.111. The lowest BCUT2D eigenvalue weighted by Crippen LogP contribution is -2.09. The van der Waals surface area contributed by atoms with Gasteiger partial charge in [0.25, 0.3) is 0 Å². The van der Waals surface area contributed by atoms with Crippen LogP contribution >= 0.6 is 0 Å². The number of carbonyl (C=O) groups is 1. The Labute approximate surface area is 53.1 Å². The van der Waals surface area contributed by atoms with E-state index in [0.717, 1.165) is 0 Å². The molecule has 1 saturated carbocycles. The van der Waals surface area contributed by atoms with E-state index in [0.29, 0.717) is 12.0 Å². The van der Waals surface area contributed by atoms with Crippen molar-refractivity contribution in [1.29, 1.82) is 0 Å². The van der Waals surface area contributed by atoms with E-state index in [1.807, 2.05) is 0 Å². The minimum Gasteiger partial charge on any atom is -0.480 e. The van der Waals surface area contributed by atoms with Crippen molar-refractivity contribution < 1.29 is 9.90 Å². The Bertz CT molecular complexity index is 153. The predicted molar refractivity (Wildman–Crippen MR) is 31.1 cm³/mol. The van der Waals surface area contributed by atoms with Crippen molar-refractivity contribution in [1.82, 2.24) is 5.32 Å². The van der Waals surface area contributed by atoms with Gasteiger partial charge in [0, 0.05) is 6.04 Å². The number of nitrogens with one attached hydrogen (secondary N) is 1. The Kier molecular flexibility index (Phi) is 0.858. The molecule has 0 aromatic heterocycles. The van der Waals surface area contributed by atoms with Crippen molar-refractivity contribution in [3.8, 4) is 0 Å². The van der Waals surface area contributed by atoms with Crippen LogP contribution in [-0.2, 0) is 4.79 Å². The third kappa shape index (κ3) is 0.812. The Morgan fingerprint density at radius 2 is 2.22 bits per heavy atom. The van der Waals surface area contributed by atoms with E-state index < -0.39 is 5.97 Å². The van der Waals surface area contributed by atoms with Gasteiger partial charge in [0.05, 0.1) is 0 Å². The van der Waals surface area contributed by atoms with Crippen LogP contribution in [0.1, 0.15) is 12.8 Å². The lowest BCUT2D eigenvalue weighted by Gasteiger charge is -1.83. The molecule has 0 aromatic carbocycles. The highest BCUT2D eigenvalue weighted by Gasteiger charge is 2.50. The standard InChI is InChI=1S/C6H9NO2/c8-6(9)5-4(7-5)3-1-2-3/h3-5,7H,1-2H2,(H,8,9)/t4-,5?/m0/s1. The number of carboxylic acids is 1. The molecule has 0 bridgehead atoms. The molecule has 0 radical (unpaired) electrons. The van der Waals surface area contributed by atoms with E-state index in [9.17, 15) is 4.79 Å². The fourth-order valence-electron chi connectivity index (χ4n) is 1.24. The Balaban J connectivity index is 1.87. The highest BCUT2D eigenvalue weighted by molar-refractivity contribution is 5.78. The van der Waals surface area contributed by atoms with Gasteiger partial charge in [0.1, 0.15) is 6.04 Å². The van der Waals surface area contributed by atoms with Gasteiger partial charge in [-0.05, 0) is 18.8 Å². The summed E-state index contributed by atoms with van der Waals surface area (Å²) in [6.45, 7) is 0. The summed E-state index contributed by atoms with van der Waals surface area (Å²) >= 11 is 0. The van der Waals surface area contributed by atoms with Gasteiger partial charge in [-0.3, -0.25) is 10.1 Å². The second-order valence-electron chi connectivity index (χ2n) is 2.85. The molecule has 2 aliphatic rings. The molecular weight excluding hydrogens is 118 g/mol. The zero-order chi connectivity index (χ0) is 6.43. The van der Waals surface area contributed by atoms with Gasteiger partial charge in [0.15, 0.2) is 0 Å². The smallest absolute Gasteiger partial charge is 0.322 e. The topological polar surface area (TPSA) is 59.2 Å². The van der Waals surface area contributed by atoms with E-state index in [2.05, 4.69) is 5.32 Å². The van der Waals surface area contributed by atoms with Gasteiger partial charge >= 0.3 is 5.97 Å². The Morgan fingerprint density at radius 1 is 1.56 bits per heavy atom. The van der Waals surface area contributed by atoms with Crippen LogP contribution in [0, 0.1) is 5.92 Å². The van der Waals surface area contributed by atoms with Gasteiger partial charge < -0.3 is 5.11 Å². The second-order valence-corrected chi connectivity index (χ2v) is 2.85. The number of aliphatic carboxylic acids is 1. The van der Waals surface area contributed by atoms with Gasteiger partial charge in [0.2, 0.25) is 0 Å². The molecule has 0 amide bonds. The monoisotopic (exact) mass is 127 g/mol. The second kappa shape index (κ2) is 1.48. The van der Waals surface area contributed by atoms with Crippen molar-refractivity contribution >= 4 is 5.97 Å². The van der Waals surface area contributed by atoms with Crippen molar-refractivity contribution in [3.05, 3.63) is 0 Å². The van der Waals surface area contributed by atoms with Crippen LogP contribution in [0.2, 0.25) is 0 Å². The molecule has 1 unspecified atom stereocenters. The van der Waals surface area contributed by atoms with E-state index in [1.54, 1.807) is 0 Å². The summed E-state index contributed by atoms with van der Waals surface area (Å²) in [4.78, 5) is 10.2. The molecule has 2 fully saturated rings. The number of hydrogen-bond donors (Lipinski definition) is 2. The minimum absolute atomic E-state index is 0.211. The summed E-state index contributed by atoms with van der Waals surface area (Å²) < 4.78 is 0. The van der Waals surface area contributed by atoms with Gasteiger partial charge in [-0.2, -0.15) is 0 Å². The zero-order valence-corrected chi connectivity index (χ0v) is 5.00. The van der Waals surface area contributed by atoms with E-state index >= 15 is 0 Å². The summed E-state index contributed by atoms with van der Waals surface area (Å²) in [5, 5.41) is 11.4. The van der Waals surface area contributed by atoms with Gasteiger partial charge in [-0.25, -0.2) is 0 Å². The Hall–Kier alpha value is -0.570. The average molecular weight is 127 g/mol. The lowest BCUT2D eigenvalue weighted by atomic mass is 10.2. The molecule has 2 atom stereocenters. The summed E-state index contributed by atoms with van der Waals surface area (Å²) in [5.41, 5.74) is 0. The quantitative estimate of drug-likeness (QED) is 0.506. The lowest BCUT2D eigenvalue weighted by molar-refractivity contribution is -0.136. The van der Waals surface area contributed by atoms with E-state index in [1.165, 1.54) is 12.8 Å². The highest BCUT2D eigenvalue weighted by Crippen LogP contribution is 2.39. The zero-order valence-electron chi connectivity index (χ0n) is 5.00. The fourth-order valence-corrected chi connectivity index (χ4v) is 1.24. The van der Waals surface area contributed by atoms with Crippen LogP contribution in [0.4, 0.5) is 0 Å². The maximum Gasteiger partial charge on any atom is 0.322 e. The first kappa shape index (κ1) is 5.23. The molecule has 50 valence electrons. The highest BCUT2D eigenvalue weighted by atomic mass is 16.4. The maximum absolute atomic E-state index is 10.2. The summed E-state index contributed by atoms with van der Waals surface area (Å²) in [6.07, 6.45) is 2.45. The maximum atomic E-state index is 10.2. The van der Waals surface area contributed by atoms with Crippen LogP contribution in [0.25, 0.3) is 0 Å². The fraction of sp³-hybridized carbons (Fsp3) is 0.833. The number of hydrogen-bond acceptors (Lipinski definition) is 2. The molecule has 3 heteroatoms. The van der Waals surface area contributed by atoms with Gasteiger partial charge in [-0.15, -0.1) is 0 Å². The molecule has 1 heterocycles. The van der Waals surface area contributed by atoms with E-state index in [-0.39, 0.29) is 6.04 Å². The normalized spacial score (nSPS) is 40.4. The molecule has 0 aromatic rings. The van der Waals surface area contributed by atoms with Gasteiger partial charge in [-0.1, -0.05) is 0 Å². The molecule has 2 N–H and O–H groups in total.